The minimum Gasteiger partial charge on any atom is -0.387 e. The number of hydrogen-bond donors (Lipinski definition) is 2. The van der Waals surface area contributed by atoms with Gasteiger partial charge in [0, 0.05) is 31.7 Å². The first-order valence-corrected chi connectivity index (χ1v) is 4.19. The van der Waals surface area contributed by atoms with Gasteiger partial charge in [-0.3, -0.25) is 9.78 Å². The zero-order valence-corrected chi connectivity index (χ0v) is 7.79. The molecule has 0 aliphatic carbocycles. The van der Waals surface area contributed by atoms with Crippen LogP contribution in [0.15, 0.2) is 18.5 Å². The number of nitrogens with zero attached hydrogens (tertiary/aromatic N) is 1. The topological polar surface area (TPSA) is 54.0 Å². The van der Waals surface area contributed by atoms with Crippen molar-refractivity contribution in [2.45, 2.75) is 6.92 Å². The van der Waals surface area contributed by atoms with Crippen LogP contribution in [0, 0.1) is 0 Å². The zero-order chi connectivity index (χ0) is 9.68. The summed E-state index contributed by atoms with van der Waals surface area (Å²) in [5.74, 6) is -0.0973. The van der Waals surface area contributed by atoms with Gasteiger partial charge in [0.1, 0.15) is 0 Å². The molecule has 0 saturated carbocycles. The molecule has 13 heavy (non-hydrogen) atoms. The summed E-state index contributed by atoms with van der Waals surface area (Å²) in [6.07, 6.45) is 3.20. The van der Waals surface area contributed by atoms with Gasteiger partial charge in [-0.2, -0.15) is 0 Å². The van der Waals surface area contributed by atoms with Gasteiger partial charge in [0.05, 0.1) is 5.56 Å². The second-order valence-electron chi connectivity index (χ2n) is 2.53. The molecule has 4 heteroatoms. The SMILES string of the molecule is CCNC(=O)c1cnccc1NC. The summed E-state index contributed by atoms with van der Waals surface area (Å²) in [5, 5.41) is 5.65. The van der Waals surface area contributed by atoms with Gasteiger partial charge in [0.25, 0.3) is 5.91 Å². The van der Waals surface area contributed by atoms with E-state index in [0.717, 1.165) is 5.69 Å². The Kier molecular flexibility index (Phi) is 3.25. The third-order valence-electron chi connectivity index (χ3n) is 1.67. The average molecular weight is 179 g/mol. The Morgan fingerprint density at radius 2 is 2.38 bits per heavy atom. The number of rotatable bonds is 3. The van der Waals surface area contributed by atoms with Crippen LogP contribution in [0.5, 0.6) is 0 Å². The van der Waals surface area contributed by atoms with Crippen molar-refractivity contribution in [3.8, 4) is 0 Å². The van der Waals surface area contributed by atoms with Gasteiger partial charge >= 0.3 is 0 Å². The third kappa shape index (κ3) is 2.18. The summed E-state index contributed by atoms with van der Waals surface area (Å²) in [4.78, 5) is 15.3. The van der Waals surface area contributed by atoms with Crippen LogP contribution in [0.1, 0.15) is 17.3 Å². The zero-order valence-electron chi connectivity index (χ0n) is 7.79. The molecule has 0 atom stereocenters. The van der Waals surface area contributed by atoms with Gasteiger partial charge in [-0.05, 0) is 13.0 Å². The first-order chi connectivity index (χ1) is 6.29. The fraction of sp³-hybridized carbons (Fsp3) is 0.333. The van der Waals surface area contributed by atoms with Crippen molar-refractivity contribution >= 4 is 11.6 Å². The van der Waals surface area contributed by atoms with E-state index in [1.54, 1.807) is 25.5 Å². The first kappa shape index (κ1) is 9.51. The highest BCUT2D eigenvalue weighted by Crippen LogP contribution is 2.11. The van der Waals surface area contributed by atoms with E-state index in [-0.39, 0.29) is 5.91 Å². The van der Waals surface area contributed by atoms with Crippen molar-refractivity contribution in [2.24, 2.45) is 0 Å². The smallest absolute Gasteiger partial charge is 0.254 e. The molecule has 0 spiro atoms. The lowest BCUT2D eigenvalue weighted by molar-refractivity contribution is 0.0956. The van der Waals surface area contributed by atoms with Gasteiger partial charge in [-0.1, -0.05) is 0 Å². The van der Waals surface area contributed by atoms with Crippen molar-refractivity contribution in [3.63, 3.8) is 0 Å². The molecule has 0 radical (unpaired) electrons. The summed E-state index contributed by atoms with van der Waals surface area (Å²) in [6, 6.07) is 1.77. The molecule has 0 aliphatic rings. The van der Waals surface area contributed by atoms with Crippen LogP contribution >= 0.6 is 0 Å². The summed E-state index contributed by atoms with van der Waals surface area (Å²) in [5.41, 5.74) is 1.37. The highest BCUT2D eigenvalue weighted by atomic mass is 16.1. The summed E-state index contributed by atoms with van der Waals surface area (Å²) in [7, 11) is 1.78. The maximum atomic E-state index is 11.4. The molecule has 1 amide bonds. The van der Waals surface area contributed by atoms with E-state index in [2.05, 4.69) is 15.6 Å². The van der Waals surface area contributed by atoms with Crippen molar-refractivity contribution in [2.75, 3.05) is 18.9 Å². The normalized spacial score (nSPS) is 9.38. The molecule has 70 valence electrons. The predicted octanol–water partition coefficient (Wildman–Crippen LogP) is 0.873. The van der Waals surface area contributed by atoms with Crippen LogP contribution in [-0.4, -0.2) is 24.5 Å². The van der Waals surface area contributed by atoms with Crippen LogP contribution in [0.3, 0.4) is 0 Å². The molecule has 0 bridgehead atoms. The number of nitrogens with one attached hydrogen (secondary N) is 2. The van der Waals surface area contributed by atoms with E-state index < -0.39 is 0 Å². The molecule has 1 aromatic heterocycles. The molecule has 2 N–H and O–H groups in total. The van der Waals surface area contributed by atoms with E-state index >= 15 is 0 Å². The van der Waals surface area contributed by atoms with Gasteiger partial charge < -0.3 is 10.6 Å². The molecule has 1 heterocycles. The van der Waals surface area contributed by atoms with Crippen LogP contribution < -0.4 is 10.6 Å². The number of aromatic nitrogens is 1. The van der Waals surface area contributed by atoms with Crippen molar-refractivity contribution in [3.05, 3.63) is 24.0 Å². The molecule has 0 fully saturated rings. The Labute approximate surface area is 77.4 Å². The number of amides is 1. The number of pyridine rings is 1. The highest BCUT2D eigenvalue weighted by Gasteiger charge is 2.08. The van der Waals surface area contributed by atoms with Crippen molar-refractivity contribution < 1.29 is 4.79 Å². The molecule has 0 aliphatic heterocycles. The van der Waals surface area contributed by atoms with E-state index in [0.29, 0.717) is 12.1 Å². The minimum absolute atomic E-state index is 0.0973. The molecule has 0 unspecified atom stereocenters. The minimum atomic E-state index is -0.0973. The molecular weight excluding hydrogens is 166 g/mol. The second kappa shape index (κ2) is 4.45. The Morgan fingerprint density at radius 1 is 1.62 bits per heavy atom. The largest absolute Gasteiger partial charge is 0.387 e. The maximum Gasteiger partial charge on any atom is 0.254 e. The molecule has 0 saturated heterocycles. The van der Waals surface area contributed by atoms with Gasteiger partial charge in [-0.15, -0.1) is 0 Å². The molecular formula is C9H13N3O. The summed E-state index contributed by atoms with van der Waals surface area (Å²) >= 11 is 0. The van der Waals surface area contributed by atoms with Gasteiger partial charge in [-0.25, -0.2) is 0 Å². The van der Waals surface area contributed by atoms with Gasteiger partial charge in [0.15, 0.2) is 0 Å². The fourth-order valence-corrected chi connectivity index (χ4v) is 1.05. The molecule has 1 aromatic rings. The third-order valence-corrected chi connectivity index (χ3v) is 1.67. The van der Waals surface area contributed by atoms with E-state index in [4.69, 9.17) is 0 Å². The monoisotopic (exact) mass is 179 g/mol. The average Bonchev–Trinajstić information content (AvgIpc) is 2.18. The van der Waals surface area contributed by atoms with Crippen molar-refractivity contribution in [1.82, 2.24) is 10.3 Å². The molecule has 0 aromatic carbocycles. The summed E-state index contributed by atoms with van der Waals surface area (Å²) in [6.45, 7) is 2.50. The Morgan fingerprint density at radius 3 is 3.00 bits per heavy atom. The number of carbonyl (C=O) groups is 1. The van der Waals surface area contributed by atoms with Crippen LogP contribution in [0.2, 0.25) is 0 Å². The standard InChI is InChI=1S/C9H13N3O/c1-3-12-9(13)7-6-11-5-4-8(7)10-2/h4-6H,3H2,1-2H3,(H,10,11)(H,12,13). The van der Waals surface area contributed by atoms with Crippen LogP contribution in [0.4, 0.5) is 5.69 Å². The maximum absolute atomic E-state index is 11.4. The number of anilines is 1. The van der Waals surface area contributed by atoms with Gasteiger partial charge in [0.2, 0.25) is 0 Å². The summed E-state index contributed by atoms with van der Waals surface area (Å²) < 4.78 is 0. The molecule has 4 nitrogen and oxygen atoms in total. The Hall–Kier alpha value is -1.58. The number of carbonyl (C=O) groups excluding carboxylic acids is 1. The molecule has 1 rings (SSSR count). The Balaban J connectivity index is 2.92. The predicted molar refractivity (Wildman–Crippen MR) is 51.8 cm³/mol. The number of hydrogen-bond acceptors (Lipinski definition) is 3. The van der Waals surface area contributed by atoms with E-state index in [1.807, 2.05) is 6.92 Å². The van der Waals surface area contributed by atoms with E-state index in [9.17, 15) is 4.79 Å². The fourth-order valence-electron chi connectivity index (χ4n) is 1.05. The van der Waals surface area contributed by atoms with Crippen molar-refractivity contribution in [1.29, 1.82) is 0 Å². The Bertz CT molecular complexity index is 299. The first-order valence-electron chi connectivity index (χ1n) is 4.19. The lowest BCUT2D eigenvalue weighted by Crippen LogP contribution is -2.23. The second-order valence-corrected chi connectivity index (χ2v) is 2.53. The lowest BCUT2D eigenvalue weighted by Gasteiger charge is -2.06. The van der Waals surface area contributed by atoms with Crippen LogP contribution in [-0.2, 0) is 0 Å². The van der Waals surface area contributed by atoms with E-state index in [1.165, 1.54) is 0 Å². The lowest BCUT2D eigenvalue weighted by atomic mass is 10.2. The highest BCUT2D eigenvalue weighted by molar-refractivity contribution is 5.99. The van der Waals surface area contributed by atoms with Crippen LogP contribution in [0.25, 0.3) is 0 Å². The quantitative estimate of drug-likeness (QED) is 0.724.